The maximum Gasteiger partial charge on any atom is 0.125 e. The molecule has 2 bridgehead atoms. The largest absolute Gasteiger partial charge is 0.125 e. The zero-order valence-electron chi connectivity index (χ0n) is 8.54. The standard InChI is InChI=1S/C12H12Cl4/c13-8-2-4-1-6(11(8)14)5-3-7-10(9(4)5)12(7,15)16/h2,4-7,9-11H,1,3H2/t4-,5+,6-,7-,9+,10+,11+/m1/s1. The third-order valence-electron chi connectivity index (χ3n) is 5.30. The molecule has 16 heavy (non-hydrogen) atoms. The van der Waals surface area contributed by atoms with Gasteiger partial charge >= 0.3 is 0 Å². The summed E-state index contributed by atoms with van der Waals surface area (Å²) in [5.74, 6) is 3.50. The molecule has 88 valence electrons. The normalized spacial score (nSPS) is 60.2. The molecule has 0 aromatic carbocycles. The molecule has 0 saturated heterocycles. The summed E-state index contributed by atoms with van der Waals surface area (Å²) in [6, 6.07) is 0. The highest BCUT2D eigenvalue weighted by Gasteiger charge is 2.75. The fraction of sp³-hybridized carbons (Fsp3) is 0.833. The van der Waals surface area contributed by atoms with Crippen LogP contribution in [0, 0.1) is 35.5 Å². The van der Waals surface area contributed by atoms with Gasteiger partial charge < -0.3 is 0 Å². The molecule has 4 rings (SSSR count). The van der Waals surface area contributed by atoms with Crippen molar-refractivity contribution in [1.29, 1.82) is 0 Å². The van der Waals surface area contributed by atoms with E-state index in [1.807, 2.05) is 0 Å². The third-order valence-corrected chi connectivity index (χ3v) is 7.40. The Morgan fingerprint density at radius 3 is 2.69 bits per heavy atom. The SMILES string of the molecule is ClC1=C[C@H]2C[C@H]([C@@H]3C[C@@H]4[C@@H]([C@H]32)C4(Cl)Cl)[C@@H]1Cl. The van der Waals surface area contributed by atoms with Crippen LogP contribution in [0.3, 0.4) is 0 Å². The second-order valence-corrected chi connectivity index (χ2v) is 8.15. The first-order chi connectivity index (χ1) is 7.51. The van der Waals surface area contributed by atoms with Crippen LogP contribution in [0.4, 0.5) is 0 Å². The van der Waals surface area contributed by atoms with Gasteiger partial charge in [0.1, 0.15) is 4.33 Å². The number of rotatable bonds is 0. The van der Waals surface area contributed by atoms with Gasteiger partial charge in [-0.25, -0.2) is 0 Å². The molecule has 4 aliphatic rings. The number of halogens is 4. The molecule has 0 aromatic rings. The van der Waals surface area contributed by atoms with E-state index < -0.39 is 4.33 Å². The maximum atomic E-state index is 6.39. The van der Waals surface area contributed by atoms with Crippen LogP contribution in [0.1, 0.15) is 12.8 Å². The molecule has 0 radical (unpaired) electrons. The van der Waals surface area contributed by atoms with Gasteiger partial charge in [-0.2, -0.15) is 0 Å². The van der Waals surface area contributed by atoms with Gasteiger partial charge in [0.25, 0.3) is 0 Å². The van der Waals surface area contributed by atoms with Crippen LogP contribution in [0.5, 0.6) is 0 Å². The van der Waals surface area contributed by atoms with E-state index in [-0.39, 0.29) is 5.38 Å². The van der Waals surface area contributed by atoms with E-state index in [0.29, 0.717) is 35.5 Å². The van der Waals surface area contributed by atoms with Crippen LogP contribution < -0.4 is 0 Å². The Balaban J connectivity index is 1.72. The average Bonchev–Trinajstić information content (AvgIpc) is 2.63. The van der Waals surface area contributed by atoms with Crippen molar-refractivity contribution in [3.8, 4) is 0 Å². The van der Waals surface area contributed by atoms with E-state index in [1.54, 1.807) is 0 Å². The van der Waals surface area contributed by atoms with Crippen molar-refractivity contribution in [2.75, 3.05) is 0 Å². The smallest absolute Gasteiger partial charge is 0.117 e. The molecule has 0 amide bonds. The summed E-state index contributed by atoms with van der Waals surface area (Å²) in [5, 5.41) is 0.884. The molecule has 4 aliphatic carbocycles. The van der Waals surface area contributed by atoms with Crippen molar-refractivity contribution in [2.24, 2.45) is 35.5 Å². The molecular weight excluding hydrogens is 286 g/mol. The quantitative estimate of drug-likeness (QED) is 0.581. The first-order valence-corrected chi connectivity index (χ1v) is 7.48. The first-order valence-electron chi connectivity index (χ1n) is 5.91. The van der Waals surface area contributed by atoms with Crippen molar-refractivity contribution >= 4 is 46.4 Å². The summed E-state index contributed by atoms with van der Waals surface area (Å²) in [5.41, 5.74) is 0. The van der Waals surface area contributed by atoms with Crippen molar-refractivity contribution in [1.82, 2.24) is 0 Å². The van der Waals surface area contributed by atoms with Crippen molar-refractivity contribution in [3.63, 3.8) is 0 Å². The van der Waals surface area contributed by atoms with Crippen LogP contribution in [0.2, 0.25) is 0 Å². The van der Waals surface area contributed by atoms with Crippen LogP contribution in [0.15, 0.2) is 11.1 Å². The monoisotopic (exact) mass is 296 g/mol. The molecule has 0 heterocycles. The average molecular weight is 298 g/mol. The number of hydrogen-bond donors (Lipinski definition) is 0. The van der Waals surface area contributed by atoms with Crippen LogP contribution >= 0.6 is 46.4 Å². The highest BCUT2D eigenvalue weighted by atomic mass is 35.5. The Morgan fingerprint density at radius 2 is 1.94 bits per heavy atom. The van der Waals surface area contributed by atoms with Crippen LogP contribution in [0.25, 0.3) is 0 Å². The van der Waals surface area contributed by atoms with Crippen LogP contribution in [-0.2, 0) is 0 Å². The van der Waals surface area contributed by atoms with Gasteiger partial charge in [0.05, 0.1) is 5.38 Å². The minimum absolute atomic E-state index is 0.0328. The third kappa shape index (κ3) is 1.11. The molecule has 4 heteroatoms. The van der Waals surface area contributed by atoms with Gasteiger partial charge in [0, 0.05) is 11.0 Å². The van der Waals surface area contributed by atoms with Gasteiger partial charge in [0.15, 0.2) is 0 Å². The number of alkyl halides is 3. The molecule has 7 atom stereocenters. The van der Waals surface area contributed by atoms with Gasteiger partial charge in [-0.05, 0) is 42.4 Å². The Hall–Kier alpha value is 0.900. The second kappa shape index (κ2) is 3.07. The summed E-state index contributed by atoms with van der Waals surface area (Å²) in [6.45, 7) is 0. The lowest BCUT2D eigenvalue weighted by atomic mass is 9.86. The Bertz CT molecular complexity index is 388. The highest BCUT2D eigenvalue weighted by Crippen LogP contribution is 2.76. The molecule has 0 aliphatic heterocycles. The van der Waals surface area contributed by atoms with E-state index >= 15 is 0 Å². The Labute approximate surface area is 115 Å². The lowest BCUT2D eigenvalue weighted by molar-refractivity contribution is 0.309. The molecule has 0 nitrogen and oxygen atoms in total. The zero-order valence-corrected chi connectivity index (χ0v) is 11.6. The molecular formula is C12H12Cl4. The lowest BCUT2D eigenvalue weighted by Gasteiger charge is -2.25. The molecule has 0 aromatic heterocycles. The van der Waals surface area contributed by atoms with E-state index in [9.17, 15) is 0 Å². The predicted molar refractivity (Wildman–Crippen MR) is 68.2 cm³/mol. The predicted octanol–water partition coefficient (Wildman–Crippen LogP) is 4.42. The molecule has 0 N–H and O–H groups in total. The molecule has 0 unspecified atom stereocenters. The Morgan fingerprint density at radius 1 is 1.19 bits per heavy atom. The maximum absolute atomic E-state index is 6.39. The minimum Gasteiger partial charge on any atom is -0.117 e. The zero-order chi connectivity index (χ0) is 11.2. The number of fused-ring (bicyclic) bond motifs is 7. The molecule has 3 fully saturated rings. The number of allylic oxidation sites excluding steroid dienone is 2. The van der Waals surface area contributed by atoms with E-state index in [1.165, 1.54) is 6.42 Å². The molecule has 0 spiro atoms. The van der Waals surface area contributed by atoms with E-state index in [0.717, 1.165) is 11.5 Å². The fourth-order valence-electron chi connectivity index (χ4n) is 4.67. The van der Waals surface area contributed by atoms with E-state index in [2.05, 4.69) is 6.08 Å². The Kier molecular flexibility index (Phi) is 2.07. The van der Waals surface area contributed by atoms with E-state index in [4.69, 9.17) is 46.4 Å². The minimum atomic E-state index is -0.444. The van der Waals surface area contributed by atoms with Crippen LogP contribution in [-0.4, -0.2) is 9.71 Å². The summed E-state index contributed by atoms with van der Waals surface area (Å²) >= 11 is 25.2. The topological polar surface area (TPSA) is 0 Å². The van der Waals surface area contributed by atoms with Gasteiger partial charge in [-0.15, -0.1) is 34.8 Å². The molecule has 3 saturated carbocycles. The fourth-order valence-corrected chi connectivity index (χ4v) is 6.27. The lowest BCUT2D eigenvalue weighted by Crippen LogP contribution is -2.23. The van der Waals surface area contributed by atoms with Crippen molar-refractivity contribution in [2.45, 2.75) is 22.6 Å². The van der Waals surface area contributed by atoms with Gasteiger partial charge in [0.2, 0.25) is 0 Å². The van der Waals surface area contributed by atoms with Crippen molar-refractivity contribution in [3.05, 3.63) is 11.1 Å². The highest BCUT2D eigenvalue weighted by molar-refractivity contribution is 6.51. The summed E-state index contributed by atoms with van der Waals surface area (Å²) < 4.78 is -0.444. The summed E-state index contributed by atoms with van der Waals surface area (Å²) in [6.07, 6.45) is 4.52. The second-order valence-electron chi connectivity index (χ2n) is 5.80. The van der Waals surface area contributed by atoms with Gasteiger partial charge in [-0.1, -0.05) is 17.7 Å². The first kappa shape index (κ1) is 10.8. The van der Waals surface area contributed by atoms with Gasteiger partial charge in [-0.3, -0.25) is 0 Å². The number of hydrogen-bond acceptors (Lipinski definition) is 0. The summed E-state index contributed by atoms with van der Waals surface area (Å²) in [7, 11) is 0. The van der Waals surface area contributed by atoms with Crippen molar-refractivity contribution < 1.29 is 0 Å². The summed E-state index contributed by atoms with van der Waals surface area (Å²) in [4.78, 5) is 0.